The fourth-order valence-electron chi connectivity index (χ4n) is 2.25. The van der Waals surface area contributed by atoms with Crippen molar-refractivity contribution in [2.75, 3.05) is 18.2 Å². The molecule has 146 valence electrons. The minimum Gasteiger partial charge on any atom is -0.467 e. The molecule has 0 aliphatic heterocycles. The van der Waals surface area contributed by atoms with Crippen molar-refractivity contribution in [2.24, 2.45) is 5.92 Å². The van der Waals surface area contributed by atoms with Gasteiger partial charge in [-0.15, -0.1) is 10.2 Å². The van der Waals surface area contributed by atoms with Crippen LogP contribution in [-0.4, -0.2) is 41.0 Å². The fraction of sp³-hybridized carbons (Fsp3) is 0.444. The summed E-state index contributed by atoms with van der Waals surface area (Å²) in [6.45, 7) is 4.54. The van der Waals surface area contributed by atoms with Gasteiger partial charge in [0.2, 0.25) is 11.0 Å². The molecular formula is C18H24N4O3S2. The second-order valence-corrected chi connectivity index (χ2v) is 8.15. The first-order valence-corrected chi connectivity index (χ1v) is 10.4. The summed E-state index contributed by atoms with van der Waals surface area (Å²) in [5.41, 5.74) is 1.15. The summed E-state index contributed by atoms with van der Waals surface area (Å²) in [4.78, 5) is 24.0. The van der Waals surface area contributed by atoms with Crippen molar-refractivity contribution in [2.45, 2.75) is 37.2 Å². The highest BCUT2D eigenvalue weighted by Gasteiger charge is 2.26. The molecule has 2 rings (SSSR count). The van der Waals surface area contributed by atoms with E-state index >= 15 is 0 Å². The van der Waals surface area contributed by atoms with E-state index in [2.05, 4.69) is 20.8 Å². The molecule has 1 aromatic carbocycles. The third-order valence-electron chi connectivity index (χ3n) is 4.00. The number of aromatic nitrogens is 2. The number of ether oxygens (including phenoxy) is 1. The fourth-order valence-corrected chi connectivity index (χ4v) is 3.81. The summed E-state index contributed by atoms with van der Waals surface area (Å²) < 4.78 is 5.47. The van der Waals surface area contributed by atoms with Gasteiger partial charge in [0.05, 0.1) is 12.9 Å². The number of methoxy groups -OCH3 is 1. The molecule has 0 aliphatic carbocycles. The van der Waals surface area contributed by atoms with Crippen molar-refractivity contribution in [3.8, 4) is 0 Å². The molecule has 7 nitrogen and oxygen atoms in total. The molecule has 0 spiro atoms. The number of hydrogen-bond acceptors (Lipinski definition) is 8. The van der Waals surface area contributed by atoms with Crippen LogP contribution in [0.3, 0.4) is 0 Å². The maximum atomic E-state index is 12.2. The van der Waals surface area contributed by atoms with E-state index in [9.17, 15) is 9.59 Å². The molecule has 2 N–H and O–H groups in total. The predicted octanol–water partition coefficient (Wildman–Crippen LogP) is 2.95. The van der Waals surface area contributed by atoms with Crippen molar-refractivity contribution in [1.29, 1.82) is 0 Å². The van der Waals surface area contributed by atoms with E-state index < -0.39 is 12.0 Å². The molecule has 2 atom stereocenters. The van der Waals surface area contributed by atoms with E-state index in [1.54, 1.807) is 0 Å². The quantitative estimate of drug-likeness (QED) is 0.461. The van der Waals surface area contributed by atoms with Crippen molar-refractivity contribution in [3.63, 3.8) is 0 Å². The number of rotatable bonds is 10. The highest BCUT2D eigenvalue weighted by molar-refractivity contribution is 8.01. The molecule has 0 unspecified atom stereocenters. The Bertz CT molecular complexity index is 739. The topological polar surface area (TPSA) is 93.2 Å². The number of benzene rings is 1. The van der Waals surface area contributed by atoms with Crippen LogP contribution in [0.15, 0.2) is 34.7 Å². The van der Waals surface area contributed by atoms with Gasteiger partial charge in [-0.3, -0.25) is 4.79 Å². The molecule has 0 aliphatic rings. The first kappa shape index (κ1) is 21.2. The third kappa shape index (κ3) is 6.84. The zero-order chi connectivity index (χ0) is 19.6. The van der Waals surface area contributed by atoms with Crippen molar-refractivity contribution < 1.29 is 14.3 Å². The van der Waals surface area contributed by atoms with Gasteiger partial charge in [0, 0.05) is 6.54 Å². The second-order valence-electron chi connectivity index (χ2n) is 5.95. The van der Waals surface area contributed by atoms with Gasteiger partial charge in [0.25, 0.3) is 0 Å². The number of carbonyl (C=O) groups is 2. The summed E-state index contributed by atoms with van der Waals surface area (Å²) >= 11 is 2.69. The minimum absolute atomic E-state index is 0.00159. The van der Waals surface area contributed by atoms with Gasteiger partial charge in [-0.2, -0.15) is 0 Å². The van der Waals surface area contributed by atoms with E-state index in [1.165, 1.54) is 30.2 Å². The third-order valence-corrected chi connectivity index (χ3v) is 6.02. The van der Waals surface area contributed by atoms with E-state index in [1.807, 2.05) is 44.2 Å². The zero-order valence-corrected chi connectivity index (χ0v) is 17.2. The lowest BCUT2D eigenvalue weighted by atomic mass is 9.99. The Morgan fingerprint density at radius 1 is 1.26 bits per heavy atom. The Hall–Kier alpha value is -2.13. The normalized spacial score (nSPS) is 12.9. The van der Waals surface area contributed by atoms with Crippen LogP contribution in [0.1, 0.15) is 25.8 Å². The Morgan fingerprint density at radius 3 is 2.67 bits per heavy atom. The lowest BCUT2D eigenvalue weighted by Crippen LogP contribution is -2.46. The minimum atomic E-state index is -0.634. The van der Waals surface area contributed by atoms with Gasteiger partial charge < -0.3 is 15.4 Å². The van der Waals surface area contributed by atoms with Crippen LogP contribution >= 0.6 is 23.1 Å². The summed E-state index contributed by atoms with van der Waals surface area (Å²) in [6, 6.07) is 9.37. The van der Waals surface area contributed by atoms with Gasteiger partial charge >= 0.3 is 5.97 Å². The average molecular weight is 409 g/mol. The maximum Gasteiger partial charge on any atom is 0.328 e. The van der Waals surface area contributed by atoms with Crippen LogP contribution in [-0.2, 0) is 20.9 Å². The molecule has 0 radical (unpaired) electrons. The van der Waals surface area contributed by atoms with Gasteiger partial charge in [-0.25, -0.2) is 4.79 Å². The largest absolute Gasteiger partial charge is 0.467 e. The lowest BCUT2D eigenvalue weighted by molar-refractivity contribution is -0.146. The molecule has 27 heavy (non-hydrogen) atoms. The molecule has 0 saturated heterocycles. The van der Waals surface area contributed by atoms with E-state index in [4.69, 9.17) is 4.74 Å². The SMILES string of the molecule is CC[C@@H](C)[C@H](NC(=O)CSc1nnc(NCc2ccccc2)s1)C(=O)OC. The molecule has 0 fully saturated rings. The average Bonchev–Trinajstić information content (AvgIpc) is 3.16. The van der Waals surface area contributed by atoms with Crippen LogP contribution in [0.2, 0.25) is 0 Å². The number of carbonyl (C=O) groups excluding carboxylic acids is 2. The molecular weight excluding hydrogens is 384 g/mol. The van der Waals surface area contributed by atoms with Crippen molar-refractivity contribution in [3.05, 3.63) is 35.9 Å². The van der Waals surface area contributed by atoms with Gasteiger partial charge in [0.1, 0.15) is 6.04 Å². The second kappa shape index (κ2) is 10.9. The number of esters is 1. The van der Waals surface area contributed by atoms with Crippen LogP contribution < -0.4 is 10.6 Å². The summed E-state index contributed by atoms with van der Waals surface area (Å²) in [7, 11) is 1.32. The Balaban J connectivity index is 1.81. The number of thioether (sulfide) groups is 1. The van der Waals surface area contributed by atoms with Crippen LogP contribution in [0, 0.1) is 5.92 Å². The predicted molar refractivity (Wildman–Crippen MR) is 108 cm³/mol. The van der Waals surface area contributed by atoms with Gasteiger partial charge in [-0.1, -0.05) is 73.7 Å². The maximum absolute atomic E-state index is 12.2. The van der Waals surface area contributed by atoms with Gasteiger partial charge in [-0.05, 0) is 11.5 Å². The Labute approximate surface area is 167 Å². The number of anilines is 1. The van der Waals surface area contributed by atoms with E-state index in [0.717, 1.165) is 12.0 Å². The van der Waals surface area contributed by atoms with E-state index in [-0.39, 0.29) is 17.6 Å². The Morgan fingerprint density at radius 2 is 2.00 bits per heavy atom. The summed E-state index contributed by atoms with van der Waals surface area (Å²) in [5, 5.41) is 14.8. The van der Waals surface area contributed by atoms with E-state index in [0.29, 0.717) is 16.0 Å². The number of amides is 1. The number of nitrogens with one attached hydrogen (secondary N) is 2. The standard InChI is InChI=1S/C18H24N4O3S2/c1-4-12(2)15(16(24)25-3)20-14(23)11-26-18-22-21-17(27-18)19-10-13-8-6-5-7-9-13/h5-9,12,15H,4,10-11H2,1-3H3,(H,19,21)(H,20,23)/t12-,15+/m1/s1. The lowest BCUT2D eigenvalue weighted by Gasteiger charge is -2.21. The van der Waals surface area contributed by atoms with Crippen LogP contribution in [0.5, 0.6) is 0 Å². The van der Waals surface area contributed by atoms with Crippen LogP contribution in [0.4, 0.5) is 5.13 Å². The molecule has 0 saturated carbocycles. The first-order valence-electron chi connectivity index (χ1n) is 8.64. The van der Waals surface area contributed by atoms with Gasteiger partial charge in [0.15, 0.2) is 4.34 Å². The summed E-state index contributed by atoms with van der Waals surface area (Å²) in [6.07, 6.45) is 0.764. The molecule has 1 aromatic heterocycles. The van der Waals surface area contributed by atoms with Crippen LogP contribution in [0.25, 0.3) is 0 Å². The smallest absolute Gasteiger partial charge is 0.328 e. The zero-order valence-electron chi connectivity index (χ0n) is 15.6. The molecule has 9 heteroatoms. The molecule has 0 bridgehead atoms. The molecule has 1 heterocycles. The number of nitrogens with zero attached hydrogens (tertiary/aromatic N) is 2. The molecule has 1 amide bonds. The highest BCUT2D eigenvalue weighted by Crippen LogP contribution is 2.25. The first-order chi connectivity index (χ1) is 13.0. The highest BCUT2D eigenvalue weighted by atomic mass is 32.2. The van der Waals surface area contributed by atoms with Crippen molar-refractivity contribution in [1.82, 2.24) is 15.5 Å². The van der Waals surface area contributed by atoms with Crippen molar-refractivity contribution >= 4 is 40.1 Å². The summed E-state index contributed by atoms with van der Waals surface area (Å²) in [5.74, 6) is -0.491. The Kier molecular flexibility index (Phi) is 8.53. The molecule has 2 aromatic rings. The monoisotopic (exact) mass is 408 g/mol. The number of hydrogen-bond donors (Lipinski definition) is 2.